The second-order valence-electron chi connectivity index (χ2n) is 5.95. The van der Waals surface area contributed by atoms with Crippen LogP contribution in [-0.4, -0.2) is 29.2 Å². The van der Waals surface area contributed by atoms with Crippen LogP contribution in [0.4, 0.5) is 16.6 Å². The molecule has 10 nitrogen and oxygen atoms in total. The van der Waals surface area contributed by atoms with Gasteiger partial charge in [0.1, 0.15) is 0 Å². The van der Waals surface area contributed by atoms with Gasteiger partial charge in [-0.1, -0.05) is 11.3 Å². The number of aromatic nitrogens is 2. The topological polar surface area (TPSA) is 144 Å². The average molecular weight is 433 g/mol. The first-order valence-corrected chi connectivity index (χ1v) is 10.4. The summed E-state index contributed by atoms with van der Waals surface area (Å²) in [6.07, 6.45) is 0. The number of rotatable bonds is 6. The molecule has 0 spiro atoms. The quantitative estimate of drug-likeness (QED) is 0.449. The van der Waals surface area contributed by atoms with Gasteiger partial charge in [-0.2, -0.15) is 0 Å². The van der Waals surface area contributed by atoms with Gasteiger partial charge in [0.2, 0.25) is 5.95 Å². The van der Waals surface area contributed by atoms with E-state index < -0.39 is 20.9 Å². The molecule has 1 aromatic carbocycles. The van der Waals surface area contributed by atoms with Gasteiger partial charge in [0.15, 0.2) is 0 Å². The maximum absolute atomic E-state index is 12.5. The number of thiophene rings is 1. The molecule has 2 heterocycles. The zero-order chi connectivity index (χ0) is 21.2. The van der Waals surface area contributed by atoms with Gasteiger partial charge >= 0.3 is 5.00 Å². The van der Waals surface area contributed by atoms with Crippen molar-refractivity contribution in [2.24, 2.45) is 0 Å². The van der Waals surface area contributed by atoms with Crippen LogP contribution in [0.3, 0.4) is 0 Å². The van der Waals surface area contributed by atoms with E-state index in [2.05, 4.69) is 20.0 Å². The van der Waals surface area contributed by atoms with Gasteiger partial charge < -0.3 is 5.32 Å². The Morgan fingerprint density at radius 3 is 2.24 bits per heavy atom. The number of hydrogen-bond acceptors (Lipinski definition) is 8. The molecule has 2 N–H and O–H groups in total. The van der Waals surface area contributed by atoms with E-state index in [1.807, 2.05) is 0 Å². The molecule has 0 aliphatic heterocycles. The first kappa shape index (κ1) is 20.4. The van der Waals surface area contributed by atoms with Crippen LogP contribution in [-0.2, 0) is 10.0 Å². The van der Waals surface area contributed by atoms with Crippen LogP contribution in [0.1, 0.15) is 21.1 Å². The monoisotopic (exact) mass is 433 g/mol. The van der Waals surface area contributed by atoms with Crippen molar-refractivity contribution in [2.75, 3.05) is 10.0 Å². The molecule has 12 heteroatoms. The number of carbonyl (C=O) groups excluding carboxylic acids is 1. The van der Waals surface area contributed by atoms with Crippen molar-refractivity contribution in [2.45, 2.75) is 18.7 Å². The summed E-state index contributed by atoms with van der Waals surface area (Å²) in [6, 6.07) is 9.78. The van der Waals surface area contributed by atoms with Crippen molar-refractivity contribution in [1.29, 1.82) is 0 Å². The first-order valence-electron chi connectivity index (χ1n) is 8.15. The standard InChI is InChI=1S/C17H15N5O5S2/c1-10-9-11(2)19-17(18-10)21-29(26,27)13-5-3-12(4-6-13)20-16(23)14-7-8-15(28-14)22(24)25/h3-9H,1-2H3,(H,20,23)(H,18,19,21). The number of nitrogens with zero attached hydrogens (tertiary/aromatic N) is 3. The molecule has 0 saturated carbocycles. The highest BCUT2D eigenvalue weighted by molar-refractivity contribution is 7.92. The zero-order valence-electron chi connectivity index (χ0n) is 15.2. The van der Waals surface area contributed by atoms with E-state index in [0.717, 1.165) is 11.3 Å². The fourth-order valence-corrected chi connectivity index (χ4v) is 4.07. The minimum Gasteiger partial charge on any atom is -0.321 e. The molecule has 29 heavy (non-hydrogen) atoms. The minimum atomic E-state index is -3.91. The zero-order valence-corrected chi connectivity index (χ0v) is 16.9. The number of nitrogens with one attached hydrogen (secondary N) is 2. The lowest BCUT2D eigenvalue weighted by Crippen LogP contribution is -2.16. The molecule has 0 atom stereocenters. The molecule has 150 valence electrons. The molecule has 3 rings (SSSR count). The Morgan fingerprint density at radius 2 is 1.69 bits per heavy atom. The summed E-state index contributed by atoms with van der Waals surface area (Å²) in [4.78, 5) is 30.5. The molecule has 0 fully saturated rings. The predicted octanol–water partition coefficient (Wildman–Crippen LogP) is 3.12. The molecule has 0 aliphatic carbocycles. The van der Waals surface area contributed by atoms with Crippen molar-refractivity contribution in [3.05, 3.63) is 68.8 Å². The maximum atomic E-state index is 12.5. The van der Waals surface area contributed by atoms with E-state index >= 15 is 0 Å². The lowest BCUT2D eigenvalue weighted by Gasteiger charge is -2.09. The third kappa shape index (κ3) is 4.92. The Balaban J connectivity index is 1.73. The van der Waals surface area contributed by atoms with E-state index in [-0.39, 0.29) is 20.7 Å². The van der Waals surface area contributed by atoms with E-state index in [4.69, 9.17) is 0 Å². The number of carbonyl (C=O) groups is 1. The molecular weight excluding hydrogens is 418 g/mol. The first-order chi connectivity index (χ1) is 13.6. The van der Waals surface area contributed by atoms with Gasteiger partial charge in [-0.15, -0.1) is 0 Å². The van der Waals surface area contributed by atoms with Crippen molar-refractivity contribution >= 4 is 43.9 Å². The van der Waals surface area contributed by atoms with Crippen molar-refractivity contribution in [3.63, 3.8) is 0 Å². The second-order valence-corrected chi connectivity index (χ2v) is 8.70. The molecule has 0 aliphatic rings. The van der Waals surface area contributed by atoms with Crippen molar-refractivity contribution < 1.29 is 18.1 Å². The highest BCUT2D eigenvalue weighted by Gasteiger charge is 2.18. The van der Waals surface area contributed by atoms with Crippen LogP contribution < -0.4 is 10.0 Å². The molecule has 3 aromatic rings. The predicted molar refractivity (Wildman–Crippen MR) is 108 cm³/mol. The number of anilines is 2. The normalized spacial score (nSPS) is 11.1. The number of nitro groups is 1. The fraction of sp³-hybridized carbons (Fsp3) is 0.118. The summed E-state index contributed by atoms with van der Waals surface area (Å²) >= 11 is 0.748. The molecule has 2 aromatic heterocycles. The minimum absolute atomic E-state index is 0.0285. The Labute approximate surface area is 169 Å². The van der Waals surface area contributed by atoms with Crippen LogP contribution in [0.25, 0.3) is 0 Å². The summed E-state index contributed by atoms with van der Waals surface area (Å²) in [5.74, 6) is -0.556. The number of aryl methyl sites for hydroxylation is 2. The Kier molecular flexibility index (Phi) is 5.57. The van der Waals surface area contributed by atoms with Gasteiger partial charge in [-0.25, -0.2) is 23.1 Å². The van der Waals surface area contributed by atoms with Gasteiger partial charge in [-0.05, 0) is 50.2 Å². The maximum Gasteiger partial charge on any atom is 0.324 e. The van der Waals surface area contributed by atoms with Gasteiger partial charge in [0.05, 0.1) is 14.7 Å². The number of benzene rings is 1. The van der Waals surface area contributed by atoms with E-state index in [0.29, 0.717) is 17.1 Å². The van der Waals surface area contributed by atoms with Crippen LogP contribution in [0.5, 0.6) is 0 Å². The fourth-order valence-electron chi connectivity index (χ4n) is 2.41. The molecule has 0 unspecified atom stereocenters. The van der Waals surface area contributed by atoms with E-state index in [1.54, 1.807) is 19.9 Å². The summed E-state index contributed by atoms with van der Waals surface area (Å²) < 4.78 is 27.3. The molecule has 0 bridgehead atoms. The van der Waals surface area contributed by atoms with Crippen molar-refractivity contribution in [3.8, 4) is 0 Å². The Morgan fingerprint density at radius 1 is 1.07 bits per heavy atom. The van der Waals surface area contributed by atoms with E-state index in [1.165, 1.54) is 36.4 Å². The van der Waals surface area contributed by atoms with Crippen molar-refractivity contribution in [1.82, 2.24) is 9.97 Å². The highest BCUT2D eigenvalue weighted by Crippen LogP contribution is 2.25. The SMILES string of the molecule is Cc1cc(C)nc(NS(=O)(=O)c2ccc(NC(=O)c3ccc([N+](=O)[O-])s3)cc2)n1. The molecular formula is C17H15N5O5S2. The lowest BCUT2D eigenvalue weighted by atomic mass is 10.3. The number of amides is 1. The molecule has 1 amide bonds. The Bertz CT molecular complexity index is 1170. The Hall–Kier alpha value is -3.38. The van der Waals surface area contributed by atoms with Crippen LogP contribution in [0, 0.1) is 24.0 Å². The van der Waals surface area contributed by atoms with Gasteiger partial charge in [-0.3, -0.25) is 14.9 Å². The summed E-state index contributed by atoms with van der Waals surface area (Å²) in [5, 5.41) is 13.1. The third-order valence-corrected chi connectivity index (χ3v) is 6.01. The summed E-state index contributed by atoms with van der Waals surface area (Å²) in [6.45, 7) is 3.46. The van der Waals surface area contributed by atoms with E-state index in [9.17, 15) is 23.3 Å². The van der Waals surface area contributed by atoms with Crippen LogP contribution in [0.2, 0.25) is 0 Å². The van der Waals surface area contributed by atoms with Crippen LogP contribution in [0.15, 0.2) is 47.4 Å². The number of sulfonamides is 1. The molecule has 0 radical (unpaired) electrons. The smallest absolute Gasteiger partial charge is 0.321 e. The van der Waals surface area contributed by atoms with Crippen LogP contribution >= 0.6 is 11.3 Å². The largest absolute Gasteiger partial charge is 0.324 e. The van der Waals surface area contributed by atoms with Gasteiger partial charge in [0.25, 0.3) is 15.9 Å². The second kappa shape index (κ2) is 7.93. The summed E-state index contributed by atoms with van der Waals surface area (Å²) in [7, 11) is -3.91. The summed E-state index contributed by atoms with van der Waals surface area (Å²) in [5.41, 5.74) is 1.59. The highest BCUT2D eigenvalue weighted by atomic mass is 32.2. The lowest BCUT2D eigenvalue weighted by molar-refractivity contribution is -0.380. The average Bonchev–Trinajstić information content (AvgIpc) is 3.11. The number of hydrogen-bond donors (Lipinski definition) is 2. The third-order valence-electron chi connectivity index (χ3n) is 3.63. The van der Waals surface area contributed by atoms with Gasteiger partial charge in [0, 0.05) is 23.1 Å². The molecule has 0 saturated heterocycles.